The Hall–Kier alpha value is -3.22. The summed E-state index contributed by atoms with van der Waals surface area (Å²) in [6, 6.07) is 12.7. The van der Waals surface area contributed by atoms with E-state index >= 15 is 0 Å². The third-order valence-electron chi connectivity index (χ3n) is 3.84. The van der Waals surface area contributed by atoms with Gasteiger partial charge in [0.25, 0.3) is 11.4 Å². The van der Waals surface area contributed by atoms with Crippen molar-refractivity contribution in [3.63, 3.8) is 0 Å². The zero-order valence-electron chi connectivity index (χ0n) is 15.9. The molecule has 2 aromatic heterocycles. The average Bonchev–Trinajstić information content (AvgIpc) is 2.64. The van der Waals surface area contributed by atoms with Gasteiger partial charge in [-0.1, -0.05) is 30.3 Å². The molecule has 0 atom stereocenters. The largest absolute Gasteiger partial charge is 0.472 e. The number of hydrogen-bond acceptors (Lipinski definition) is 6. The monoisotopic (exact) mass is 365 g/mol. The van der Waals surface area contributed by atoms with Crippen LogP contribution in [0.15, 0.2) is 47.3 Å². The maximum Gasteiger partial charge on any atom is 0.267 e. The number of nitrogens with zero attached hydrogens (tertiary/aromatic N) is 4. The van der Waals surface area contributed by atoms with Crippen molar-refractivity contribution in [1.82, 2.24) is 19.7 Å². The molecule has 7 nitrogen and oxygen atoms in total. The van der Waals surface area contributed by atoms with E-state index in [-0.39, 0.29) is 29.4 Å². The van der Waals surface area contributed by atoms with E-state index in [9.17, 15) is 4.79 Å². The SMILES string of the molecule is CC(C)Oc1nc(-c2ccc(=O)n(C(C)C)n2)c(-c2ccccc2)nc1N. The van der Waals surface area contributed by atoms with E-state index in [1.165, 1.54) is 10.7 Å². The summed E-state index contributed by atoms with van der Waals surface area (Å²) < 4.78 is 7.13. The van der Waals surface area contributed by atoms with Crippen molar-refractivity contribution in [3.8, 4) is 28.5 Å². The highest BCUT2D eigenvalue weighted by molar-refractivity contribution is 5.77. The van der Waals surface area contributed by atoms with Gasteiger partial charge in [0, 0.05) is 11.6 Å². The Morgan fingerprint density at radius 1 is 0.963 bits per heavy atom. The fraction of sp³-hybridized carbons (Fsp3) is 0.300. The van der Waals surface area contributed by atoms with Gasteiger partial charge in [-0.05, 0) is 33.8 Å². The molecule has 3 aromatic rings. The number of rotatable bonds is 5. The zero-order chi connectivity index (χ0) is 19.6. The second kappa shape index (κ2) is 7.57. The van der Waals surface area contributed by atoms with Crippen LogP contribution in [-0.2, 0) is 0 Å². The van der Waals surface area contributed by atoms with Crippen LogP contribution in [0, 0.1) is 0 Å². The van der Waals surface area contributed by atoms with Gasteiger partial charge in [0.05, 0.1) is 12.1 Å². The van der Waals surface area contributed by atoms with E-state index in [0.29, 0.717) is 17.1 Å². The fourth-order valence-corrected chi connectivity index (χ4v) is 2.64. The summed E-state index contributed by atoms with van der Waals surface area (Å²) in [5.41, 5.74) is 8.40. The lowest BCUT2D eigenvalue weighted by atomic mass is 10.1. The number of anilines is 1. The topological polar surface area (TPSA) is 95.9 Å². The van der Waals surface area contributed by atoms with Gasteiger partial charge in [-0.25, -0.2) is 14.6 Å². The number of nitrogens with two attached hydrogens (primary N) is 1. The maximum absolute atomic E-state index is 12.1. The number of nitrogen functional groups attached to an aromatic ring is 1. The van der Waals surface area contributed by atoms with Crippen LogP contribution in [0.5, 0.6) is 5.88 Å². The first kappa shape index (κ1) is 18.6. The highest BCUT2D eigenvalue weighted by Crippen LogP contribution is 2.32. The molecule has 7 heteroatoms. The lowest BCUT2D eigenvalue weighted by molar-refractivity contribution is 0.233. The van der Waals surface area contributed by atoms with Crippen molar-refractivity contribution in [3.05, 3.63) is 52.8 Å². The molecule has 0 saturated heterocycles. The third-order valence-corrected chi connectivity index (χ3v) is 3.84. The Morgan fingerprint density at radius 3 is 2.30 bits per heavy atom. The fourth-order valence-electron chi connectivity index (χ4n) is 2.64. The Morgan fingerprint density at radius 2 is 1.67 bits per heavy atom. The Bertz CT molecular complexity index is 997. The summed E-state index contributed by atoms with van der Waals surface area (Å²) >= 11 is 0. The van der Waals surface area contributed by atoms with E-state index in [4.69, 9.17) is 10.5 Å². The molecular weight excluding hydrogens is 342 g/mol. The first-order valence-electron chi connectivity index (χ1n) is 8.86. The van der Waals surface area contributed by atoms with Crippen LogP contribution in [-0.4, -0.2) is 25.9 Å². The smallest absolute Gasteiger partial charge is 0.267 e. The molecule has 0 saturated carbocycles. The van der Waals surface area contributed by atoms with Crippen molar-refractivity contribution in [1.29, 1.82) is 0 Å². The van der Waals surface area contributed by atoms with E-state index in [0.717, 1.165) is 5.56 Å². The molecule has 0 fully saturated rings. The number of hydrogen-bond donors (Lipinski definition) is 1. The van der Waals surface area contributed by atoms with Crippen LogP contribution in [0.2, 0.25) is 0 Å². The minimum Gasteiger partial charge on any atom is -0.472 e. The first-order valence-corrected chi connectivity index (χ1v) is 8.86. The van der Waals surface area contributed by atoms with Crippen LogP contribution < -0.4 is 16.0 Å². The van der Waals surface area contributed by atoms with E-state index in [1.54, 1.807) is 6.07 Å². The molecule has 0 spiro atoms. The van der Waals surface area contributed by atoms with Crippen molar-refractivity contribution in [2.75, 3.05) is 5.73 Å². The lowest BCUT2D eigenvalue weighted by Crippen LogP contribution is -2.24. The van der Waals surface area contributed by atoms with Gasteiger partial charge >= 0.3 is 0 Å². The molecule has 1 aromatic carbocycles. The Labute approximate surface area is 157 Å². The Kier molecular flexibility index (Phi) is 5.21. The predicted molar refractivity (Wildman–Crippen MR) is 106 cm³/mol. The predicted octanol–water partition coefficient (Wildman–Crippen LogP) is 3.32. The summed E-state index contributed by atoms with van der Waals surface area (Å²) in [5.74, 6) is 0.465. The van der Waals surface area contributed by atoms with Crippen LogP contribution in [0.25, 0.3) is 22.6 Å². The van der Waals surface area contributed by atoms with Gasteiger partial charge in [-0.3, -0.25) is 4.79 Å². The molecule has 0 aliphatic heterocycles. The van der Waals surface area contributed by atoms with Gasteiger partial charge in [-0.15, -0.1) is 0 Å². The molecule has 3 rings (SSSR count). The molecule has 0 bridgehead atoms. The summed E-state index contributed by atoms with van der Waals surface area (Å²) in [4.78, 5) is 21.2. The van der Waals surface area contributed by atoms with Crippen molar-refractivity contribution >= 4 is 5.82 Å². The van der Waals surface area contributed by atoms with E-state index in [1.807, 2.05) is 58.0 Å². The van der Waals surface area contributed by atoms with Gasteiger partial charge in [0.15, 0.2) is 5.82 Å². The second-order valence-electron chi connectivity index (χ2n) is 6.74. The number of aromatic nitrogens is 4. The standard InChI is InChI=1S/C20H23N5O2/c1-12(2)25-16(26)11-10-15(24-25)18-17(14-8-6-5-7-9-14)22-19(21)20(23-18)27-13(3)4/h5-13H,1-4H3,(H2,21,22). The quantitative estimate of drug-likeness (QED) is 0.745. The first-order chi connectivity index (χ1) is 12.9. The normalized spacial score (nSPS) is 11.2. The van der Waals surface area contributed by atoms with Gasteiger partial charge in [-0.2, -0.15) is 5.10 Å². The average molecular weight is 365 g/mol. The molecular formula is C20H23N5O2. The maximum atomic E-state index is 12.1. The molecule has 27 heavy (non-hydrogen) atoms. The number of benzene rings is 1. The van der Waals surface area contributed by atoms with Gasteiger partial charge in [0.1, 0.15) is 17.1 Å². The molecule has 0 aliphatic carbocycles. The molecule has 0 unspecified atom stereocenters. The minimum atomic E-state index is -0.169. The van der Waals surface area contributed by atoms with Crippen LogP contribution in [0.3, 0.4) is 0 Å². The van der Waals surface area contributed by atoms with Crippen LogP contribution in [0.4, 0.5) is 5.82 Å². The molecule has 2 heterocycles. The van der Waals surface area contributed by atoms with Crippen molar-refractivity contribution in [2.45, 2.75) is 39.8 Å². The highest BCUT2D eigenvalue weighted by atomic mass is 16.5. The van der Waals surface area contributed by atoms with Crippen LogP contribution >= 0.6 is 0 Å². The summed E-state index contributed by atoms with van der Waals surface area (Å²) in [7, 11) is 0. The summed E-state index contributed by atoms with van der Waals surface area (Å²) in [5, 5.41) is 4.48. The van der Waals surface area contributed by atoms with Gasteiger partial charge in [0.2, 0.25) is 0 Å². The van der Waals surface area contributed by atoms with E-state index in [2.05, 4.69) is 15.1 Å². The molecule has 0 radical (unpaired) electrons. The molecule has 2 N–H and O–H groups in total. The van der Waals surface area contributed by atoms with Crippen molar-refractivity contribution < 1.29 is 4.74 Å². The minimum absolute atomic E-state index is 0.0780. The third kappa shape index (κ3) is 3.97. The second-order valence-corrected chi connectivity index (χ2v) is 6.74. The molecule has 0 aliphatic rings. The van der Waals surface area contributed by atoms with E-state index < -0.39 is 0 Å². The summed E-state index contributed by atoms with van der Waals surface area (Å²) in [6.45, 7) is 7.59. The van der Waals surface area contributed by atoms with Crippen molar-refractivity contribution in [2.24, 2.45) is 0 Å². The zero-order valence-corrected chi connectivity index (χ0v) is 15.9. The Balaban J connectivity index is 2.26. The molecule has 140 valence electrons. The number of ether oxygens (including phenoxy) is 1. The highest BCUT2D eigenvalue weighted by Gasteiger charge is 2.19. The van der Waals surface area contributed by atoms with Crippen LogP contribution in [0.1, 0.15) is 33.7 Å². The molecule has 0 amide bonds. The van der Waals surface area contributed by atoms with Gasteiger partial charge < -0.3 is 10.5 Å². The lowest BCUT2D eigenvalue weighted by Gasteiger charge is -2.16. The summed E-state index contributed by atoms with van der Waals surface area (Å²) in [6.07, 6.45) is -0.102.